The first kappa shape index (κ1) is 106. The normalized spacial score (nSPS) is 40.3. The van der Waals surface area contributed by atoms with E-state index in [4.69, 9.17) is 60.6 Å². The minimum absolute atomic E-state index is 0.00174. The molecule has 126 heavy (non-hydrogen) atoms. The molecule has 13 aliphatic heterocycles. The molecule has 0 spiro atoms. The van der Waals surface area contributed by atoms with Gasteiger partial charge in [0.15, 0.2) is 25.0 Å². The quantitative estimate of drug-likeness (QED) is 0.0372. The Kier molecular flexibility index (Phi) is 38.4. The van der Waals surface area contributed by atoms with Crippen molar-refractivity contribution in [2.75, 3.05) is 0 Å². The number of halogens is 1. The van der Waals surface area contributed by atoms with E-state index >= 15 is 0 Å². The van der Waals surface area contributed by atoms with Crippen molar-refractivity contribution in [1.82, 2.24) is 0 Å². The second-order valence-electron chi connectivity index (χ2n) is 46.7. The third kappa shape index (κ3) is 27.2. The smallest absolute Gasteiger partial charge is 0.193 e. The highest BCUT2D eigenvalue weighted by atomic mass is 127. The topological polar surface area (TPSA) is 191 Å². The zero-order valence-electron chi connectivity index (χ0n) is 83.7. The maximum atomic E-state index is 14.5. The first-order chi connectivity index (χ1) is 58.9. The Hall–Kier alpha value is -1.73. The number of aliphatic hydroxyl groups excluding tert-OH is 1. The summed E-state index contributed by atoms with van der Waals surface area (Å²) >= 11 is 2.31. The van der Waals surface area contributed by atoms with Crippen molar-refractivity contribution in [3.63, 3.8) is 0 Å². The summed E-state index contributed by atoms with van der Waals surface area (Å²) in [7, 11) is -6.62. The first-order valence-corrected chi connectivity index (χ1v) is 60.3. The van der Waals surface area contributed by atoms with E-state index < -0.39 is 31.1 Å². The second-order valence-corrected chi connectivity index (χ2v) is 61.7. The van der Waals surface area contributed by atoms with Crippen molar-refractivity contribution < 1.29 is 80.1 Å². The third-order valence-corrected chi connectivity index (χ3v) is 48.0. The SMILES string of the molecule is C=C1C(C[C@@H]2O[C@H](C[C@H](C)CC)[C@H](C)[C@H]2CC(=O)CC2CC[C@@H]3O[C@@H]([C@H](/C=C/I)O[Si](C)(C)C(C)(C)C)[C@@H](O[Si](C)(C)C(C)(C)C)[C@@H](C)[C@H]3O2)OC(CC[C@@H]2O[C@@H](CCC=O)CC2=C)C[C@H]1C.C=C1C2C[C@@H]3O[C@H](C[C@H](C)CC)[C@H](C)[C@H]3CC(=O)CC3CC[C@@H]4O[C@H]([C@@H](C)[C@@H](C)[C@H]4O3)[C@@H](O[Si](C)(C)C(C)(C)C)/C=C/C(O)CC[C@H]3CC(=C)[C@H](CCC(C[C@H]1C)O2)O3. The van der Waals surface area contributed by atoms with Gasteiger partial charge >= 0.3 is 0 Å². The van der Waals surface area contributed by atoms with E-state index in [0.29, 0.717) is 68.6 Å². The molecule has 35 atom stereocenters. The van der Waals surface area contributed by atoms with Crippen LogP contribution in [-0.4, -0.2) is 194 Å². The maximum absolute atomic E-state index is 14.5. The lowest BCUT2D eigenvalue weighted by atomic mass is 9.76. The van der Waals surface area contributed by atoms with E-state index in [9.17, 15) is 19.5 Å². The van der Waals surface area contributed by atoms with Crippen molar-refractivity contribution in [3.8, 4) is 0 Å². The fourth-order valence-corrected chi connectivity index (χ4v) is 26.0. The predicted octanol–water partition coefficient (Wildman–Crippen LogP) is 24.4. The lowest BCUT2D eigenvalue weighted by Crippen LogP contribution is -2.64. The van der Waals surface area contributed by atoms with Gasteiger partial charge < -0.3 is 70.5 Å². The van der Waals surface area contributed by atoms with Gasteiger partial charge in [0.1, 0.15) is 24.0 Å². The average molecular weight is 1920 g/mol. The molecule has 1 N–H and O–H groups in total. The van der Waals surface area contributed by atoms with Crippen molar-refractivity contribution in [2.24, 2.45) is 65.1 Å². The van der Waals surface area contributed by atoms with E-state index in [0.717, 1.165) is 151 Å². The molecule has 13 heterocycles. The maximum Gasteiger partial charge on any atom is 0.193 e. The van der Waals surface area contributed by atoms with Gasteiger partial charge in [-0.25, -0.2) is 0 Å². The summed E-state index contributed by atoms with van der Waals surface area (Å²) in [6, 6.07) is 0. The van der Waals surface area contributed by atoms with Crippen molar-refractivity contribution >= 4 is 65.4 Å². The van der Waals surface area contributed by atoms with Gasteiger partial charge in [-0.2, -0.15) is 0 Å². The highest BCUT2D eigenvalue weighted by Gasteiger charge is 2.57. The molecule has 0 aliphatic carbocycles. The number of hydrogen-bond acceptors (Lipinski definition) is 17. The Labute approximate surface area is 782 Å². The number of hydrogen-bond donors (Lipinski definition) is 1. The van der Waals surface area contributed by atoms with Crippen LogP contribution in [0.3, 0.4) is 0 Å². The van der Waals surface area contributed by atoms with Crippen LogP contribution in [0, 0.1) is 65.1 Å². The molecule has 8 bridgehead atoms. The molecule has 0 aromatic rings. The minimum atomic E-state index is -2.24. The zero-order valence-corrected chi connectivity index (χ0v) is 88.8. The highest BCUT2D eigenvalue weighted by Crippen LogP contribution is 2.52. The van der Waals surface area contributed by atoms with Crippen molar-refractivity contribution in [2.45, 2.75) is 506 Å². The number of carbonyl (C=O) groups excluding carboxylic acids is 3. The van der Waals surface area contributed by atoms with Gasteiger partial charge in [0, 0.05) is 50.9 Å². The molecule has 7 unspecified atom stereocenters. The molecule has 720 valence electrons. The molecule has 0 aromatic carbocycles. The minimum Gasteiger partial charge on any atom is -0.411 e. The van der Waals surface area contributed by atoms with E-state index in [1.807, 2.05) is 6.08 Å². The molecule has 13 aliphatic rings. The van der Waals surface area contributed by atoms with Crippen LogP contribution in [0.4, 0.5) is 0 Å². The van der Waals surface area contributed by atoms with Crippen molar-refractivity contribution in [3.05, 3.63) is 70.9 Å². The van der Waals surface area contributed by atoms with Gasteiger partial charge in [-0.1, -0.05) is 212 Å². The summed E-state index contributed by atoms with van der Waals surface area (Å²) in [6.45, 7) is 77.4. The molecule has 10 saturated heterocycles. The summed E-state index contributed by atoms with van der Waals surface area (Å²) in [5.41, 5.74) is 4.56. The number of Topliss-reactive ketones (excluding diaryl/α,β-unsaturated/α-hetero) is 2. The molecule has 0 amide bonds. The average Bonchev–Trinajstić information content (AvgIpc) is 1.09. The van der Waals surface area contributed by atoms with E-state index in [-0.39, 0.29) is 208 Å². The van der Waals surface area contributed by atoms with Gasteiger partial charge in [-0.3, -0.25) is 9.59 Å². The number of aldehydes is 1. The van der Waals surface area contributed by atoms with E-state index in [1.54, 1.807) is 0 Å². The van der Waals surface area contributed by atoms with Crippen LogP contribution in [0.1, 0.15) is 305 Å². The number of aliphatic hydroxyl groups is 1. The Bertz CT molecular complexity index is 3610. The zero-order chi connectivity index (χ0) is 92.8. The van der Waals surface area contributed by atoms with Crippen LogP contribution in [0.2, 0.25) is 54.4 Å². The summed E-state index contributed by atoms with van der Waals surface area (Å²) in [5.74, 6) is 3.46. The Morgan fingerprint density at radius 1 is 0.532 bits per heavy atom. The fraction of sp³-hybridized carbons (Fsp3) is 0.857. The molecule has 0 saturated carbocycles. The van der Waals surface area contributed by atoms with Gasteiger partial charge in [0.05, 0.1) is 140 Å². The largest absolute Gasteiger partial charge is 0.411 e. The van der Waals surface area contributed by atoms with Crippen LogP contribution in [0.5, 0.6) is 0 Å². The van der Waals surface area contributed by atoms with Crippen LogP contribution in [-0.2, 0) is 75.0 Å². The lowest BCUT2D eigenvalue weighted by Gasteiger charge is -2.54. The van der Waals surface area contributed by atoms with Crippen LogP contribution >= 0.6 is 22.6 Å². The summed E-state index contributed by atoms with van der Waals surface area (Å²) in [4.78, 5) is 39.6. The van der Waals surface area contributed by atoms with Gasteiger partial charge in [-0.05, 0) is 255 Å². The van der Waals surface area contributed by atoms with Crippen LogP contribution in [0.25, 0.3) is 0 Å². The third-order valence-electron chi connectivity index (χ3n) is 34.1. The van der Waals surface area contributed by atoms with Gasteiger partial charge in [0.2, 0.25) is 0 Å². The first-order valence-electron chi connectivity index (χ1n) is 50.3. The number of carbonyl (C=O) groups is 3. The molecule has 13 rings (SSSR count). The van der Waals surface area contributed by atoms with Crippen molar-refractivity contribution in [1.29, 1.82) is 0 Å². The van der Waals surface area contributed by atoms with E-state index in [1.165, 1.54) is 0 Å². The molecule has 17 nitrogen and oxygen atoms in total. The number of rotatable bonds is 26. The molecular weight excluding hydrogens is 1740 g/mol. The number of ether oxygens (including phenoxy) is 10. The fourth-order valence-electron chi connectivity index (χ4n) is 21.7. The van der Waals surface area contributed by atoms with Crippen LogP contribution < -0.4 is 0 Å². The second kappa shape index (κ2) is 45.5. The summed E-state index contributed by atoms with van der Waals surface area (Å²) in [6.07, 6.45) is 25.3. The predicted molar refractivity (Wildman–Crippen MR) is 525 cm³/mol. The van der Waals surface area contributed by atoms with Gasteiger partial charge in [-0.15, -0.1) is 0 Å². The summed E-state index contributed by atoms with van der Waals surface area (Å²) < 4.78 is 92.6. The monoisotopic (exact) mass is 1920 g/mol. The van der Waals surface area contributed by atoms with E-state index in [2.05, 4.69) is 243 Å². The van der Waals surface area contributed by atoms with Crippen LogP contribution in [0.15, 0.2) is 70.9 Å². The molecule has 21 heteroatoms. The number of fused-ring (bicyclic) bond motifs is 3. The lowest BCUT2D eigenvalue weighted by molar-refractivity contribution is -0.251. The Morgan fingerprint density at radius 2 is 1.12 bits per heavy atom. The van der Waals surface area contributed by atoms with Gasteiger partial charge in [0.25, 0.3) is 0 Å². The Balaban J connectivity index is 0.000000265. The molecule has 0 radical (unpaired) electrons. The number of ketones is 2. The molecular formula is C105H179IO17Si3. The molecule has 10 fully saturated rings. The highest BCUT2D eigenvalue weighted by molar-refractivity contribution is 14.1. The standard InChI is InChI=1S/C55H95IO9Si2.C50H84O8Si/c1-18-34(2)28-48-38(6)44(50(62-48)33-49-37(5)35(3)29-42(60-49)21-23-45-36(4)30-41(59-45)20-19-27-57)32-40(58)31-43-22-24-46-51(61-43)39(7)52(65-67(16,17)55(11,12)13)53(63-46)47(25-26-56)64-66(14,15)54(8,9)10;1-14-29(2)23-45-35(8)41-27-37(52)26-40-19-22-43-48(55-40)33(6)34(7)49(57-43)44(58-59(12,13)50(9,10)11)20-16-36(51)15-17-38-25-31(4)42(53-38)21-18-39-24-30(3)32(5)46(54-39)28-47(41)56-45/h25-27,34-35,38-39,41-53H,4-5,18-24,28-33H2,1-3,6-17H3;16,20,29-30,33-36,38-49,51H,4-5,14-15,17-19,21-28H2,1-3,6-13H3/b26-25+;20-16+/t34-,35-,38-,39+,41+,42?,43?,44-,45+,46+,47+,48-,49?,50+,51-,52+,53+;29-,30-,33-,34+,35-,36?,38+,39?,40?,41-,42+,43+,44+,45-,46?,47+,48-,49-/m11/s1. The molecule has 0 aromatic heterocycles. The summed E-state index contributed by atoms with van der Waals surface area (Å²) in [5, 5.41) is 11.4. The Morgan fingerprint density at radius 3 is 1.77 bits per heavy atom.